The maximum atomic E-state index is 11.1. The maximum absolute atomic E-state index is 11.1. The molecule has 2 aromatic carbocycles. The third-order valence-corrected chi connectivity index (χ3v) is 4.75. The zero-order valence-corrected chi connectivity index (χ0v) is 12.5. The van der Waals surface area contributed by atoms with E-state index in [0.717, 1.165) is 22.2 Å². The van der Waals surface area contributed by atoms with Crippen LogP contribution >= 0.6 is 11.3 Å². The van der Waals surface area contributed by atoms with E-state index < -0.39 is 5.97 Å². The number of aromatic nitrogens is 1. The first-order valence-corrected chi connectivity index (χ1v) is 7.89. The van der Waals surface area contributed by atoms with E-state index in [1.54, 1.807) is 11.3 Å². The molecule has 108 valence electrons. The Labute approximate surface area is 131 Å². The summed E-state index contributed by atoms with van der Waals surface area (Å²) >= 11 is 1.72. The van der Waals surface area contributed by atoms with Gasteiger partial charge in [0.05, 0.1) is 11.9 Å². The fourth-order valence-corrected chi connectivity index (χ4v) is 3.64. The van der Waals surface area contributed by atoms with Crippen LogP contribution < -0.4 is 0 Å². The molecule has 0 aliphatic heterocycles. The summed E-state index contributed by atoms with van der Waals surface area (Å²) in [6.07, 6.45) is 1.97. The van der Waals surface area contributed by atoms with Crippen LogP contribution in [0.4, 0.5) is 0 Å². The third-order valence-electron chi connectivity index (χ3n) is 3.85. The summed E-state index contributed by atoms with van der Waals surface area (Å²) in [7, 11) is 0. The fourth-order valence-electron chi connectivity index (χ4n) is 2.87. The number of aliphatic carboxylic acids is 1. The van der Waals surface area contributed by atoms with Crippen molar-refractivity contribution in [2.24, 2.45) is 0 Å². The predicted octanol–water partition coefficient (Wildman–Crippen LogP) is 4.47. The molecule has 2 aromatic heterocycles. The van der Waals surface area contributed by atoms with Crippen molar-refractivity contribution in [2.75, 3.05) is 0 Å². The van der Waals surface area contributed by atoms with Gasteiger partial charge in [-0.3, -0.25) is 4.79 Å². The van der Waals surface area contributed by atoms with E-state index in [2.05, 4.69) is 34.2 Å². The lowest BCUT2D eigenvalue weighted by Crippen LogP contribution is -1.99. The van der Waals surface area contributed by atoms with Crippen molar-refractivity contribution < 1.29 is 9.90 Å². The van der Waals surface area contributed by atoms with Gasteiger partial charge >= 0.3 is 5.97 Å². The zero-order valence-electron chi connectivity index (χ0n) is 11.7. The molecule has 0 atom stereocenters. The molecule has 0 aliphatic carbocycles. The van der Waals surface area contributed by atoms with Gasteiger partial charge in [-0.05, 0) is 46.7 Å². The van der Waals surface area contributed by atoms with E-state index in [9.17, 15) is 4.79 Å². The van der Waals surface area contributed by atoms with Crippen LogP contribution in [-0.4, -0.2) is 15.6 Å². The van der Waals surface area contributed by atoms with Crippen molar-refractivity contribution in [1.29, 1.82) is 0 Å². The molecule has 0 radical (unpaired) electrons. The Bertz CT molecular complexity index is 997. The summed E-state index contributed by atoms with van der Waals surface area (Å²) in [6.45, 7) is 0. The maximum Gasteiger partial charge on any atom is 0.307 e. The third kappa shape index (κ3) is 2.09. The van der Waals surface area contributed by atoms with Crippen LogP contribution in [0.1, 0.15) is 5.56 Å². The smallest absolute Gasteiger partial charge is 0.307 e. The van der Waals surface area contributed by atoms with Gasteiger partial charge in [-0.2, -0.15) is 0 Å². The topological polar surface area (TPSA) is 42.2 Å². The van der Waals surface area contributed by atoms with Crippen LogP contribution in [-0.2, 0) is 11.2 Å². The number of thiophene rings is 1. The van der Waals surface area contributed by atoms with Crippen LogP contribution in [0.5, 0.6) is 0 Å². The van der Waals surface area contributed by atoms with Gasteiger partial charge in [0.2, 0.25) is 0 Å². The minimum atomic E-state index is -0.809. The molecule has 0 aliphatic rings. The molecule has 4 rings (SSSR count). The van der Waals surface area contributed by atoms with E-state index in [-0.39, 0.29) is 6.42 Å². The van der Waals surface area contributed by atoms with E-state index in [1.165, 1.54) is 10.1 Å². The number of carboxylic acid groups (broad SMARTS) is 1. The molecule has 22 heavy (non-hydrogen) atoms. The highest BCUT2D eigenvalue weighted by Gasteiger charge is 2.12. The number of nitrogens with zero attached hydrogens (tertiary/aromatic N) is 1. The molecule has 4 heteroatoms. The molecule has 0 bridgehead atoms. The minimum absolute atomic E-state index is 0.0359. The summed E-state index contributed by atoms with van der Waals surface area (Å²) in [4.78, 5) is 11.1. The van der Waals surface area contributed by atoms with Gasteiger partial charge in [-0.25, -0.2) is 0 Å². The second kappa shape index (κ2) is 5.00. The van der Waals surface area contributed by atoms with Crippen LogP contribution in [0.25, 0.3) is 26.7 Å². The molecule has 2 heterocycles. The summed E-state index contributed by atoms with van der Waals surface area (Å²) in [5, 5.41) is 13.4. The van der Waals surface area contributed by atoms with Crippen LogP contribution in [0.3, 0.4) is 0 Å². The number of hydrogen-bond donors (Lipinski definition) is 1. The number of hydrogen-bond acceptors (Lipinski definition) is 2. The van der Waals surface area contributed by atoms with Gasteiger partial charge in [0.15, 0.2) is 0 Å². The van der Waals surface area contributed by atoms with Gasteiger partial charge in [-0.15, -0.1) is 11.3 Å². The van der Waals surface area contributed by atoms with Crippen molar-refractivity contribution in [2.45, 2.75) is 6.42 Å². The first kappa shape index (κ1) is 13.1. The molecule has 0 unspecified atom stereocenters. The monoisotopic (exact) mass is 307 g/mol. The van der Waals surface area contributed by atoms with Crippen LogP contribution in [0, 0.1) is 0 Å². The first-order valence-electron chi connectivity index (χ1n) is 7.01. The highest BCUT2D eigenvalue weighted by Crippen LogP contribution is 2.28. The lowest BCUT2D eigenvalue weighted by molar-refractivity contribution is -0.136. The van der Waals surface area contributed by atoms with E-state index >= 15 is 0 Å². The number of benzene rings is 2. The second-order valence-corrected chi connectivity index (χ2v) is 6.20. The van der Waals surface area contributed by atoms with Crippen LogP contribution in [0.2, 0.25) is 0 Å². The molecule has 1 N–H and O–H groups in total. The summed E-state index contributed by atoms with van der Waals surface area (Å²) in [5.41, 5.74) is 2.93. The fraction of sp³-hybridized carbons (Fsp3) is 0.0556. The normalized spacial score (nSPS) is 11.3. The van der Waals surface area contributed by atoms with Crippen molar-refractivity contribution in [3.05, 3.63) is 65.7 Å². The first-order chi connectivity index (χ1) is 10.7. The Hall–Kier alpha value is -2.59. The number of fused-ring (bicyclic) bond motifs is 2. The van der Waals surface area contributed by atoms with Crippen LogP contribution in [0.15, 0.2) is 60.1 Å². The Morgan fingerprint density at radius 2 is 2.00 bits per heavy atom. The lowest BCUT2D eigenvalue weighted by Gasteiger charge is -2.05. The highest BCUT2D eigenvalue weighted by atomic mass is 32.1. The standard InChI is InChI=1S/C18H13NO2S/c20-18(21)10-13-11-19(16-4-2-1-3-15(13)16)14-5-6-17-12(9-14)7-8-22-17/h1-9,11H,10H2,(H,20,21). The Kier molecular flexibility index (Phi) is 2.98. The number of rotatable bonds is 3. The molecule has 4 aromatic rings. The van der Waals surface area contributed by atoms with Crippen molar-refractivity contribution >= 4 is 38.3 Å². The molecule has 0 amide bonds. The molecular weight excluding hydrogens is 294 g/mol. The number of carboxylic acids is 1. The van der Waals surface area contributed by atoms with Gasteiger partial charge in [-0.1, -0.05) is 18.2 Å². The average Bonchev–Trinajstić information content (AvgIpc) is 3.11. The molecule has 0 fully saturated rings. The summed E-state index contributed by atoms with van der Waals surface area (Å²) < 4.78 is 3.33. The van der Waals surface area contributed by atoms with Gasteiger partial charge in [0.25, 0.3) is 0 Å². The Morgan fingerprint density at radius 1 is 1.14 bits per heavy atom. The van der Waals surface area contributed by atoms with E-state index in [1.807, 2.05) is 30.5 Å². The van der Waals surface area contributed by atoms with Crippen molar-refractivity contribution in [3.63, 3.8) is 0 Å². The summed E-state index contributed by atoms with van der Waals surface area (Å²) in [5.74, 6) is -0.809. The molecule has 0 saturated heterocycles. The number of carbonyl (C=O) groups is 1. The zero-order chi connectivity index (χ0) is 15.1. The molecule has 0 spiro atoms. The minimum Gasteiger partial charge on any atom is -0.481 e. The summed E-state index contributed by atoms with van der Waals surface area (Å²) in [6, 6.07) is 16.4. The van der Waals surface area contributed by atoms with Gasteiger partial charge in [0.1, 0.15) is 0 Å². The quantitative estimate of drug-likeness (QED) is 0.606. The van der Waals surface area contributed by atoms with Gasteiger partial charge in [0, 0.05) is 22.0 Å². The largest absolute Gasteiger partial charge is 0.481 e. The number of para-hydroxylation sites is 1. The molecule has 0 saturated carbocycles. The average molecular weight is 307 g/mol. The Balaban J connectivity index is 1.95. The SMILES string of the molecule is O=C(O)Cc1cn(-c2ccc3sccc3c2)c2ccccc12. The predicted molar refractivity (Wildman–Crippen MR) is 90.0 cm³/mol. The van der Waals surface area contributed by atoms with Crippen molar-refractivity contribution in [3.8, 4) is 5.69 Å². The van der Waals surface area contributed by atoms with E-state index in [4.69, 9.17) is 5.11 Å². The highest BCUT2D eigenvalue weighted by molar-refractivity contribution is 7.17. The van der Waals surface area contributed by atoms with Gasteiger partial charge < -0.3 is 9.67 Å². The Morgan fingerprint density at radius 3 is 2.86 bits per heavy atom. The van der Waals surface area contributed by atoms with Crippen molar-refractivity contribution in [1.82, 2.24) is 4.57 Å². The lowest BCUT2D eigenvalue weighted by atomic mass is 10.1. The molecular formula is C18H13NO2S. The van der Waals surface area contributed by atoms with E-state index in [0.29, 0.717) is 0 Å². The second-order valence-electron chi connectivity index (χ2n) is 5.25. The molecule has 3 nitrogen and oxygen atoms in total.